The van der Waals surface area contributed by atoms with Crippen LogP contribution in [0.15, 0.2) is 0 Å². The first-order valence-corrected chi connectivity index (χ1v) is 13.0. The zero-order chi connectivity index (χ0) is 22.2. The number of hydrogen-bond acceptors (Lipinski definition) is 8. The van der Waals surface area contributed by atoms with Crippen molar-refractivity contribution in [2.24, 2.45) is 0 Å². The van der Waals surface area contributed by atoms with Gasteiger partial charge in [-0.2, -0.15) is 0 Å². The van der Waals surface area contributed by atoms with Gasteiger partial charge in [0, 0.05) is 24.3 Å². The maximum Gasteiger partial charge on any atom is 0.329 e. The molecule has 172 valence electrons. The third kappa shape index (κ3) is 11.7. The molecule has 8 nitrogen and oxygen atoms in total. The van der Waals surface area contributed by atoms with Crippen molar-refractivity contribution in [3.05, 3.63) is 0 Å². The van der Waals surface area contributed by atoms with Crippen molar-refractivity contribution in [3.8, 4) is 0 Å². The van der Waals surface area contributed by atoms with Gasteiger partial charge in [0.2, 0.25) is 11.8 Å². The van der Waals surface area contributed by atoms with Crippen LogP contribution in [0, 0.1) is 0 Å². The summed E-state index contributed by atoms with van der Waals surface area (Å²) in [4.78, 5) is 48.3. The number of esters is 2. The smallest absolute Gasteiger partial charge is 0.329 e. The number of carbonyl (C=O) groups is 4. The molecule has 1 aliphatic rings. The minimum Gasteiger partial charge on any atom is -0.467 e. The molecular weight excluding hydrogens is 428 g/mol. The first kappa shape index (κ1) is 26.6. The van der Waals surface area contributed by atoms with Crippen molar-refractivity contribution in [1.82, 2.24) is 10.6 Å². The van der Waals surface area contributed by atoms with E-state index in [4.69, 9.17) is 9.47 Å². The molecule has 2 N–H and O–H groups in total. The summed E-state index contributed by atoms with van der Waals surface area (Å²) in [7, 11) is 5.23. The van der Waals surface area contributed by atoms with Crippen LogP contribution < -0.4 is 10.6 Å². The van der Waals surface area contributed by atoms with Crippen LogP contribution in [0.1, 0.15) is 64.2 Å². The van der Waals surface area contributed by atoms with Gasteiger partial charge in [-0.1, -0.05) is 60.1 Å². The van der Waals surface area contributed by atoms with Crippen LogP contribution in [0.3, 0.4) is 0 Å². The normalized spacial score (nSPS) is 24.1. The van der Waals surface area contributed by atoms with E-state index in [2.05, 4.69) is 10.6 Å². The number of hydrogen-bond donors (Lipinski definition) is 2. The maximum atomic E-state index is 12.2. The highest BCUT2D eigenvalue weighted by Gasteiger charge is 2.24. The van der Waals surface area contributed by atoms with Gasteiger partial charge in [0.25, 0.3) is 0 Å². The lowest BCUT2D eigenvalue weighted by molar-refractivity contribution is -0.144. The van der Waals surface area contributed by atoms with E-state index in [0.29, 0.717) is 24.3 Å². The Hall–Kier alpha value is -1.42. The quantitative estimate of drug-likeness (QED) is 0.476. The summed E-state index contributed by atoms with van der Waals surface area (Å²) < 4.78 is 9.57. The van der Waals surface area contributed by atoms with Gasteiger partial charge < -0.3 is 20.1 Å². The molecule has 0 aromatic heterocycles. The molecule has 0 spiro atoms. The highest BCUT2D eigenvalue weighted by molar-refractivity contribution is 8.76. The van der Waals surface area contributed by atoms with Crippen LogP contribution in [-0.2, 0) is 28.7 Å². The number of amides is 2. The van der Waals surface area contributed by atoms with Crippen molar-refractivity contribution in [3.63, 3.8) is 0 Å². The summed E-state index contributed by atoms with van der Waals surface area (Å²) in [5.41, 5.74) is 0. The van der Waals surface area contributed by atoms with E-state index in [0.717, 1.165) is 51.4 Å². The molecule has 0 radical (unpaired) electrons. The average Bonchev–Trinajstić information content (AvgIpc) is 2.74. The van der Waals surface area contributed by atoms with Crippen LogP contribution >= 0.6 is 21.6 Å². The molecule has 1 heterocycles. The Balaban J connectivity index is 2.68. The molecule has 0 aromatic rings. The van der Waals surface area contributed by atoms with Gasteiger partial charge in [-0.15, -0.1) is 0 Å². The molecule has 1 saturated heterocycles. The summed E-state index contributed by atoms with van der Waals surface area (Å²) in [6.45, 7) is 0. The van der Waals surface area contributed by atoms with Crippen molar-refractivity contribution in [1.29, 1.82) is 0 Å². The Morgan fingerprint density at radius 1 is 0.700 bits per heavy atom. The minimum atomic E-state index is -0.753. The lowest BCUT2D eigenvalue weighted by Crippen LogP contribution is -2.44. The van der Waals surface area contributed by atoms with Gasteiger partial charge >= 0.3 is 11.9 Å². The number of methoxy groups -OCH3 is 2. The van der Waals surface area contributed by atoms with E-state index in [9.17, 15) is 19.2 Å². The van der Waals surface area contributed by atoms with Gasteiger partial charge in [-0.25, -0.2) is 9.59 Å². The second kappa shape index (κ2) is 16.3. The van der Waals surface area contributed by atoms with Crippen LogP contribution in [0.5, 0.6) is 0 Å². The van der Waals surface area contributed by atoms with E-state index in [1.54, 1.807) is 0 Å². The SMILES string of the molecule is COC(=O)C1CSSC[C@@H](C(=O)OC)NC(=O)CCCCCCCCCCC(=O)N1. The van der Waals surface area contributed by atoms with Crippen LogP contribution in [0.4, 0.5) is 0 Å². The van der Waals surface area contributed by atoms with Crippen molar-refractivity contribution in [2.45, 2.75) is 76.3 Å². The van der Waals surface area contributed by atoms with E-state index in [1.165, 1.54) is 35.8 Å². The van der Waals surface area contributed by atoms with Gasteiger partial charge in [-0.3, -0.25) is 9.59 Å². The van der Waals surface area contributed by atoms with Crippen molar-refractivity contribution >= 4 is 45.3 Å². The second-order valence-corrected chi connectivity index (χ2v) is 9.74. The highest BCUT2D eigenvalue weighted by atomic mass is 33.1. The van der Waals surface area contributed by atoms with Crippen LogP contribution in [0.25, 0.3) is 0 Å². The molecule has 0 saturated carbocycles. The number of rotatable bonds is 2. The average molecular weight is 463 g/mol. The molecule has 2 atom stereocenters. The summed E-state index contributed by atoms with van der Waals surface area (Å²) in [6, 6.07) is -1.51. The molecule has 2 amide bonds. The summed E-state index contributed by atoms with van der Waals surface area (Å²) in [6.07, 6.45) is 8.70. The molecule has 0 aliphatic carbocycles. The highest BCUT2D eigenvalue weighted by Crippen LogP contribution is 2.24. The third-order valence-corrected chi connectivity index (χ3v) is 7.17. The molecule has 10 heteroatoms. The Bertz CT molecular complexity index is 513. The largest absolute Gasteiger partial charge is 0.467 e. The first-order valence-electron chi connectivity index (χ1n) is 10.5. The second-order valence-electron chi connectivity index (χ2n) is 7.18. The summed E-state index contributed by atoms with van der Waals surface area (Å²) in [5, 5.41) is 5.47. The number of carbonyl (C=O) groups excluding carboxylic acids is 4. The molecule has 1 unspecified atom stereocenters. The van der Waals surface area contributed by atoms with E-state index in [-0.39, 0.29) is 11.8 Å². The lowest BCUT2D eigenvalue weighted by atomic mass is 10.1. The van der Waals surface area contributed by atoms with Gasteiger partial charge in [0.15, 0.2) is 0 Å². The van der Waals surface area contributed by atoms with Crippen LogP contribution in [0.2, 0.25) is 0 Å². The molecule has 1 rings (SSSR count). The molecule has 0 bridgehead atoms. The minimum absolute atomic E-state index is 0.162. The molecular formula is C20H34N2O6S2. The Kier molecular flexibility index (Phi) is 14.5. The van der Waals surface area contributed by atoms with E-state index in [1.807, 2.05) is 0 Å². The van der Waals surface area contributed by atoms with Crippen molar-refractivity contribution < 1.29 is 28.7 Å². The van der Waals surface area contributed by atoms with Crippen molar-refractivity contribution in [2.75, 3.05) is 25.7 Å². The Morgan fingerprint density at radius 3 is 1.37 bits per heavy atom. The third-order valence-electron chi connectivity index (χ3n) is 4.75. The Morgan fingerprint density at radius 2 is 1.03 bits per heavy atom. The number of ether oxygens (including phenoxy) is 2. The van der Waals surface area contributed by atoms with Crippen LogP contribution in [-0.4, -0.2) is 61.6 Å². The Labute approximate surface area is 186 Å². The predicted molar refractivity (Wildman–Crippen MR) is 119 cm³/mol. The fraction of sp³-hybridized carbons (Fsp3) is 0.800. The summed E-state index contributed by atoms with van der Waals surface area (Å²) >= 11 is 0. The monoisotopic (exact) mass is 462 g/mol. The predicted octanol–water partition coefficient (Wildman–Crippen LogP) is 2.60. The first-order chi connectivity index (χ1) is 14.5. The fourth-order valence-electron chi connectivity index (χ4n) is 3.02. The van der Waals surface area contributed by atoms with E-state index < -0.39 is 24.0 Å². The van der Waals surface area contributed by atoms with Gasteiger partial charge in [0.05, 0.1) is 14.2 Å². The molecule has 1 aliphatic heterocycles. The fourth-order valence-corrected chi connectivity index (χ4v) is 5.32. The zero-order valence-corrected chi connectivity index (χ0v) is 19.5. The van der Waals surface area contributed by atoms with E-state index >= 15 is 0 Å². The molecule has 1 fully saturated rings. The topological polar surface area (TPSA) is 111 Å². The zero-order valence-electron chi connectivity index (χ0n) is 17.9. The molecule has 30 heavy (non-hydrogen) atoms. The molecule has 0 aromatic carbocycles. The standard InChI is InChI=1S/C20H34N2O6S2/c1-27-19(25)15-13-29-30-14-16(20(26)28-2)22-18(24)12-10-8-6-4-3-5-7-9-11-17(23)21-15/h15-16H,3-14H2,1-2H3,(H,21,23)(H,22,24)/t15-,16?/m0/s1. The number of nitrogens with one attached hydrogen (secondary N) is 2. The summed E-state index contributed by atoms with van der Waals surface area (Å²) in [5.74, 6) is -0.737. The van der Waals surface area contributed by atoms with Gasteiger partial charge in [0.1, 0.15) is 12.1 Å². The van der Waals surface area contributed by atoms with Gasteiger partial charge in [-0.05, 0) is 12.8 Å². The lowest BCUT2D eigenvalue weighted by Gasteiger charge is -2.18. The maximum absolute atomic E-state index is 12.2.